The highest BCUT2D eigenvalue weighted by molar-refractivity contribution is 7.11. The van der Waals surface area contributed by atoms with Crippen molar-refractivity contribution in [3.05, 3.63) is 58.4 Å². The SMILES string of the molecule is COc1cc(/C=C(\C#N)c2nc(-c3ccccc3)cs2)cc2c1OCCO2. The van der Waals surface area contributed by atoms with Gasteiger partial charge < -0.3 is 14.2 Å². The van der Waals surface area contributed by atoms with E-state index in [1.807, 2.05) is 47.8 Å². The zero-order chi connectivity index (χ0) is 18.6. The van der Waals surface area contributed by atoms with Crippen molar-refractivity contribution in [2.24, 2.45) is 0 Å². The third-order valence-electron chi connectivity index (χ3n) is 4.09. The van der Waals surface area contributed by atoms with Crippen molar-refractivity contribution >= 4 is 23.0 Å². The lowest BCUT2D eigenvalue weighted by molar-refractivity contribution is 0.165. The molecule has 0 N–H and O–H groups in total. The quantitative estimate of drug-likeness (QED) is 0.620. The number of allylic oxidation sites excluding steroid dienone is 1. The number of hydrogen-bond donors (Lipinski definition) is 0. The molecule has 0 spiro atoms. The van der Waals surface area contributed by atoms with Gasteiger partial charge in [0.05, 0.1) is 18.4 Å². The van der Waals surface area contributed by atoms with Crippen molar-refractivity contribution in [1.29, 1.82) is 5.26 Å². The zero-order valence-corrected chi connectivity index (χ0v) is 15.5. The van der Waals surface area contributed by atoms with Crippen LogP contribution in [0.3, 0.4) is 0 Å². The van der Waals surface area contributed by atoms with E-state index < -0.39 is 0 Å². The van der Waals surface area contributed by atoms with Crippen LogP contribution in [0, 0.1) is 11.3 Å². The summed E-state index contributed by atoms with van der Waals surface area (Å²) in [5, 5.41) is 12.3. The van der Waals surface area contributed by atoms with E-state index in [9.17, 15) is 5.26 Å². The van der Waals surface area contributed by atoms with Gasteiger partial charge in [0.15, 0.2) is 11.5 Å². The maximum absolute atomic E-state index is 9.65. The molecule has 134 valence electrons. The van der Waals surface area contributed by atoms with Crippen molar-refractivity contribution in [1.82, 2.24) is 4.98 Å². The Kier molecular flexibility index (Phi) is 4.77. The van der Waals surface area contributed by atoms with Gasteiger partial charge in [-0.1, -0.05) is 30.3 Å². The van der Waals surface area contributed by atoms with E-state index >= 15 is 0 Å². The minimum atomic E-state index is 0.487. The maximum atomic E-state index is 9.65. The minimum absolute atomic E-state index is 0.487. The normalized spacial score (nSPS) is 13.1. The van der Waals surface area contributed by atoms with Gasteiger partial charge in [-0.2, -0.15) is 5.26 Å². The van der Waals surface area contributed by atoms with Gasteiger partial charge in [-0.3, -0.25) is 0 Å². The molecular weight excluding hydrogens is 360 g/mol. The molecule has 2 heterocycles. The number of rotatable bonds is 4. The summed E-state index contributed by atoms with van der Waals surface area (Å²) < 4.78 is 16.7. The van der Waals surface area contributed by atoms with Crippen LogP contribution in [0.4, 0.5) is 0 Å². The lowest BCUT2D eigenvalue weighted by atomic mass is 10.1. The number of fused-ring (bicyclic) bond motifs is 1. The summed E-state index contributed by atoms with van der Waals surface area (Å²) in [6.07, 6.45) is 1.79. The molecule has 0 radical (unpaired) electrons. The van der Waals surface area contributed by atoms with Crippen LogP contribution < -0.4 is 14.2 Å². The van der Waals surface area contributed by atoms with Crippen molar-refractivity contribution in [3.8, 4) is 34.6 Å². The first kappa shape index (κ1) is 17.1. The Morgan fingerprint density at radius 1 is 1.22 bits per heavy atom. The van der Waals surface area contributed by atoms with E-state index in [1.54, 1.807) is 13.2 Å². The highest BCUT2D eigenvalue weighted by atomic mass is 32.1. The van der Waals surface area contributed by atoms with Gasteiger partial charge in [0, 0.05) is 10.9 Å². The Balaban J connectivity index is 1.70. The second-order valence-electron chi connectivity index (χ2n) is 5.82. The Morgan fingerprint density at radius 3 is 2.81 bits per heavy atom. The molecule has 3 aromatic rings. The topological polar surface area (TPSA) is 64.4 Å². The number of methoxy groups -OCH3 is 1. The second kappa shape index (κ2) is 7.52. The Labute approximate surface area is 161 Å². The number of nitriles is 1. The third kappa shape index (κ3) is 3.50. The van der Waals surface area contributed by atoms with Crippen molar-refractivity contribution < 1.29 is 14.2 Å². The summed E-state index contributed by atoms with van der Waals surface area (Å²) in [4.78, 5) is 4.62. The van der Waals surface area contributed by atoms with Crippen LogP contribution in [-0.2, 0) is 0 Å². The van der Waals surface area contributed by atoms with E-state index in [4.69, 9.17) is 14.2 Å². The maximum Gasteiger partial charge on any atom is 0.203 e. The summed E-state index contributed by atoms with van der Waals surface area (Å²) in [6.45, 7) is 0.977. The molecule has 1 aliphatic rings. The molecule has 6 heteroatoms. The molecule has 0 amide bonds. The number of aromatic nitrogens is 1. The fourth-order valence-electron chi connectivity index (χ4n) is 2.82. The molecule has 0 unspecified atom stereocenters. The highest BCUT2D eigenvalue weighted by Crippen LogP contribution is 2.41. The third-order valence-corrected chi connectivity index (χ3v) is 4.96. The Bertz CT molecular complexity index is 1020. The van der Waals surface area contributed by atoms with Crippen LogP contribution in [0.1, 0.15) is 10.6 Å². The van der Waals surface area contributed by atoms with E-state index in [0.29, 0.717) is 41.0 Å². The molecule has 27 heavy (non-hydrogen) atoms. The molecule has 2 aromatic carbocycles. The first-order chi connectivity index (χ1) is 13.3. The standard InChI is InChI=1S/C21H16N2O3S/c1-24-18-10-14(11-19-20(18)26-8-7-25-19)9-16(12-22)21-23-17(13-27-21)15-5-3-2-4-6-15/h2-6,9-11,13H,7-8H2,1H3/b16-9+. The van der Waals surface area contributed by atoms with Gasteiger partial charge in [0.25, 0.3) is 0 Å². The Morgan fingerprint density at radius 2 is 2.04 bits per heavy atom. The van der Waals surface area contributed by atoms with E-state index in [2.05, 4.69) is 11.1 Å². The van der Waals surface area contributed by atoms with Crippen LogP contribution in [0.15, 0.2) is 47.8 Å². The monoisotopic (exact) mass is 376 g/mol. The lowest BCUT2D eigenvalue weighted by Gasteiger charge is -2.21. The Hall–Kier alpha value is -3.30. The fraction of sp³-hybridized carbons (Fsp3) is 0.143. The first-order valence-electron chi connectivity index (χ1n) is 8.39. The molecule has 5 nitrogen and oxygen atoms in total. The molecule has 0 saturated heterocycles. The van der Waals surface area contributed by atoms with Crippen molar-refractivity contribution in [3.63, 3.8) is 0 Å². The molecule has 1 aliphatic heterocycles. The van der Waals surface area contributed by atoms with E-state index in [0.717, 1.165) is 16.8 Å². The van der Waals surface area contributed by atoms with Crippen molar-refractivity contribution in [2.75, 3.05) is 20.3 Å². The number of thiazole rings is 1. The van der Waals surface area contributed by atoms with E-state index in [1.165, 1.54) is 11.3 Å². The molecule has 0 fully saturated rings. The number of benzene rings is 2. The van der Waals surface area contributed by atoms with Crippen LogP contribution in [-0.4, -0.2) is 25.3 Å². The molecule has 0 aliphatic carbocycles. The van der Waals surface area contributed by atoms with Gasteiger partial charge >= 0.3 is 0 Å². The summed E-state index contributed by atoms with van der Waals surface area (Å²) in [6, 6.07) is 15.8. The van der Waals surface area contributed by atoms with Crippen LogP contribution in [0.5, 0.6) is 17.2 Å². The second-order valence-corrected chi connectivity index (χ2v) is 6.68. The predicted octanol–water partition coefficient (Wildman–Crippen LogP) is 4.65. The van der Waals surface area contributed by atoms with Gasteiger partial charge in [-0.15, -0.1) is 11.3 Å². The van der Waals surface area contributed by atoms with Gasteiger partial charge in [0.1, 0.15) is 24.3 Å². The first-order valence-corrected chi connectivity index (χ1v) is 9.27. The number of hydrogen-bond acceptors (Lipinski definition) is 6. The predicted molar refractivity (Wildman–Crippen MR) is 105 cm³/mol. The zero-order valence-electron chi connectivity index (χ0n) is 14.6. The number of nitrogens with zero attached hydrogens (tertiary/aromatic N) is 2. The average Bonchev–Trinajstić information content (AvgIpc) is 3.22. The highest BCUT2D eigenvalue weighted by Gasteiger charge is 2.18. The summed E-state index contributed by atoms with van der Waals surface area (Å²) >= 11 is 1.45. The minimum Gasteiger partial charge on any atom is -0.493 e. The fourth-order valence-corrected chi connectivity index (χ4v) is 3.62. The smallest absolute Gasteiger partial charge is 0.203 e. The molecular formula is C21H16N2O3S. The van der Waals surface area contributed by atoms with E-state index in [-0.39, 0.29) is 0 Å². The van der Waals surface area contributed by atoms with Crippen LogP contribution in [0.2, 0.25) is 0 Å². The van der Waals surface area contributed by atoms with Gasteiger partial charge in [-0.25, -0.2) is 4.98 Å². The number of ether oxygens (including phenoxy) is 3. The van der Waals surface area contributed by atoms with Gasteiger partial charge in [-0.05, 0) is 23.8 Å². The van der Waals surface area contributed by atoms with Crippen molar-refractivity contribution in [2.45, 2.75) is 0 Å². The molecule has 4 rings (SSSR count). The average molecular weight is 376 g/mol. The summed E-state index contributed by atoms with van der Waals surface area (Å²) in [7, 11) is 1.58. The molecule has 0 atom stereocenters. The van der Waals surface area contributed by atoms with Crippen LogP contribution >= 0.6 is 11.3 Å². The lowest BCUT2D eigenvalue weighted by Crippen LogP contribution is -2.16. The summed E-state index contributed by atoms with van der Waals surface area (Å²) in [5.74, 6) is 1.80. The van der Waals surface area contributed by atoms with Crippen LogP contribution in [0.25, 0.3) is 22.9 Å². The summed E-state index contributed by atoms with van der Waals surface area (Å²) in [5.41, 5.74) is 3.17. The molecule has 0 saturated carbocycles. The molecule has 1 aromatic heterocycles. The molecule has 0 bridgehead atoms. The largest absolute Gasteiger partial charge is 0.493 e. The van der Waals surface area contributed by atoms with Gasteiger partial charge in [0.2, 0.25) is 5.75 Å².